The highest BCUT2D eigenvalue weighted by atomic mass is 32.1. The van der Waals surface area contributed by atoms with Gasteiger partial charge in [0.1, 0.15) is 17.6 Å². The summed E-state index contributed by atoms with van der Waals surface area (Å²) in [4.78, 5) is 41.6. The Morgan fingerprint density at radius 1 is 0.974 bits per heavy atom. The maximum atomic E-state index is 14.5. The number of rotatable bonds is 10. The second-order valence-electron chi connectivity index (χ2n) is 8.67. The van der Waals surface area contributed by atoms with Gasteiger partial charge in [0.05, 0.1) is 30.9 Å². The summed E-state index contributed by atoms with van der Waals surface area (Å²) in [7, 11) is 0. The topological polar surface area (TPSA) is 88.2 Å². The first-order chi connectivity index (χ1) is 18.8. The lowest BCUT2D eigenvalue weighted by molar-refractivity contribution is -0.124. The molecule has 8 nitrogen and oxygen atoms in total. The molecule has 0 radical (unpaired) electrons. The molecule has 1 aliphatic rings. The molecule has 0 bridgehead atoms. The minimum Gasteiger partial charge on any atom is -0.494 e. The second kappa shape index (κ2) is 12.5. The number of anilines is 2. The third-order valence-electron chi connectivity index (χ3n) is 6.08. The number of carbonyl (C=O) groups excluding carboxylic acids is 3. The van der Waals surface area contributed by atoms with E-state index >= 15 is 0 Å². The number of amides is 2. The number of thiocarbonyl (C=S) groups is 1. The number of ether oxygens (including phenoxy) is 2. The molecule has 2 amide bonds. The number of halogens is 1. The molecule has 1 N–H and O–H groups in total. The Labute approximate surface area is 231 Å². The predicted molar refractivity (Wildman–Crippen MR) is 149 cm³/mol. The lowest BCUT2D eigenvalue weighted by atomic mass is 10.1. The van der Waals surface area contributed by atoms with Crippen molar-refractivity contribution in [2.75, 3.05) is 23.4 Å². The van der Waals surface area contributed by atoms with E-state index in [1.54, 1.807) is 66.4 Å². The fraction of sp³-hybridized carbons (Fsp3) is 0.241. The Bertz CT molecular complexity index is 1360. The number of nitrogens with zero attached hydrogens (tertiary/aromatic N) is 2. The molecule has 202 valence electrons. The van der Waals surface area contributed by atoms with Crippen LogP contribution in [0.5, 0.6) is 5.75 Å². The molecule has 10 heteroatoms. The number of hydrogen-bond donors (Lipinski definition) is 1. The minimum absolute atomic E-state index is 0.00431. The van der Waals surface area contributed by atoms with Crippen molar-refractivity contribution >= 4 is 46.5 Å². The zero-order valence-corrected chi connectivity index (χ0v) is 22.4. The number of nitrogens with one attached hydrogen (secondary N) is 1. The molecular weight excluding hydrogens is 521 g/mol. The van der Waals surface area contributed by atoms with Crippen molar-refractivity contribution in [3.8, 4) is 5.75 Å². The highest BCUT2D eigenvalue weighted by molar-refractivity contribution is 7.80. The van der Waals surface area contributed by atoms with Crippen LogP contribution < -0.4 is 15.0 Å². The molecule has 0 aliphatic carbocycles. The molecule has 1 saturated heterocycles. The molecule has 3 aromatic rings. The summed E-state index contributed by atoms with van der Waals surface area (Å²) < 4.78 is 25.0. The third kappa shape index (κ3) is 6.40. The van der Waals surface area contributed by atoms with Gasteiger partial charge in [-0.25, -0.2) is 9.18 Å². The van der Waals surface area contributed by atoms with Crippen LogP contribution in [0.4, 0.5) is 15.8 Å². The maximum Gasteiger partial charge on any atom is 0.338 e. The molecule has 1 heterocycles. The zero-order valence-electron chi connectivity index (χ0n) is 21.6. The van der Waals surface area contributed by atoms with Gasteiger partial charge in [0.2, 0.25) is 5.91 Å². The van der Waals surface area contributed by atoms with Gasteiger partial charge in [-0.1, -0.05) is 18.2 Å². The molecule has 1 atom stereocenters. The quantitative estimate of drug-likeness (QED) is 0.283. The van der Waals surface area contributed by atoms with Crippen molar-refractivity contribution in [3.63, 3.8) is 0 Å². The minimum atomic E-state index is -0.968. The zero-order chi connectivity index (χ0) is 27.9. The van der Waals surface area contributed by atoms with Gasteiger partial charge in [-0.2, -0.15) is 0 Å². The number of esters is 1. The van der Waals surface area contributed by atoms with Crippen LogP contribution >= 0.6 is 12.2 Å². The van der Waals surface area contributed by atoms with E-state index < -0.39 is 29.6 Å². The van der Waals surface area contributed by atoms with Gasteiger partial charge in [0.25, 0.3) is 5.91 Å². The highest BCUT2D eigenvalue weighted by Gasteiger charge is 2.44. The van der Waals surface area contributed by atoms with Gasteiger partial charge < -0.3 is 19.7 Å². The lowest BCUT2D eigenvalue weighted by Gasteiger charge is -2.24. The van der Waals surface area contributed by atoms with E-state index in [2.05, 4.69) is 5.32 Å². The summed E-state index contributed by atoms with van der Waals surface area (Å²) in [5.41, 5.74) is 1.63. The van der Waals surface area contributed by atoms with E-state index in [-0.39, 0.29) is 24.7 Å². The van der Waals surface area contributed by atoms with Gasteiger partial charge in [-0.05, 0) is 80.7 Å². The summed E-state index contributed by atoms with van der Waals surface area (Å²) in [5.74, 6) is -1.08. The smallest absolute Gasteiger partial charge is 0.338 e. The number of hydrogen-bond acceptors (Lipinski definition) is 6. The Morgan fingerprint density at radius 2 is 1.67 bits per heavy atom. The first kappa shape index (κ1) is 27.7. The SMILES string of the molecule is CCOC(=O)c1ccc(N2C(=O)C(CC(=O)Nc3ccc(OCC)cc3)N(Cc3ccccc3F)C2=S)cc1. The monoisotopic (exact) mass is 549 g/mol. The van der Waals surface area contributed by atoms with Crippen LogP contribution in [-0.2, 0) is 20.9 Å². The number of benzene rings is 3. The summed E-state index contributed by atoms with van der Waals surface area (Å²) in [6, 6.07) is 18.4. The molecule has 1 unspecified atom stereocenters. The third-order valence-corrected chi connectivity index (χ3v) is 6.50. The van der Waals surface area contributed by atoms with Gasteiger partial charge in [-0.3, -0.25) is 14.5 Å². The standard InChI is InChI=1S/C29H28FN3O5S/c1-3-37-23-15-11-21(12-16-23)31-26(34)17-25-27(35)33(22-13-9-19(10-14-22)28(36)38-4-2)29(39)32(25)18-20-7-5-6-8-24(20)30/h5-16,25H,3-4,17-18H2,1-2H3,(H,31,34). The van der Waals surface area contributed by atoms with Gasteiger partial charge in [-0.15, -0.1) is 0 Å². The Kier molecular flexibility index (Phi) is 8.88. The van der Waals surface area contributed by atoms with E-state index in [4.69, 9.17) is 21.7 Å². The van der Waals surface area contributed by atoms with E-state index in [0.717, 1.165) is 0 Å². The van der Waals surface area contributed by atoms with Crippen LogP contribution in [0.25, 0.3) is 0 Å². The van der Waals surface area contributed by atoms with Crippen LogP contribution in [0.3, 0.4) is 0 Å². The van der Waals surface area contributed by atoms with Gasteiger partial charge in [0, 0.05) is 17.8 Å². The van der Waals surface area contributed by atoms with Crippen molar-refractivity contribution in [1.29, 1.82) is 0 Å². The van der Waals surface area contributed by atoms with Crippen molar-refractivity contribution in [3.05, 3.63) is 89.7 Å². The average Bonchev–Trinajstić information content (AvgIpc) is 3.15. The van der Waals surface area contributed by atoms with E-state index in [1.807, 2.05) is 6.92 Å². The summed E-state index contributed by atoms with van der Waals surface area (Å²) in [6.45, 7) is 4.35. The van der Waals surface area contributed by atoms with Crippen molar-refractivity contribution < 1.29 is 28.2 Å². The second-order valence-corrected chi connectivity index (χ2v) is 9.03. The summed E-state index contributed by atoms with van der Waals surface area (Å²) in [5, 5.41) is 2.93. The largest absolute Gasteiger partial charge is 0.494 e. The lowest BCUT2D eigenvalue weighted by Crippen LogP contribution is -2.37. The molecule has 39 heavy (non-hydrogen) atoms. The fourth-order valence-corrected chi connectivity index (χ4v) is 4.60. The molecule has 4 rings (SSSR count). The Hall–Kier alpha value is -4.31. The Balaban J connectivity index is 1.57. The first-order valence-corrected chi connectivity index (χ1v) is 12.9. The molecule has 1 fully saturated rings. The Morgan fingerprint density at radius 3 is 2.31 bits per heavy atom. The average molecular weight is 550 g/mol. The molecular formula is C29H28FN3O5S. The number of carbonyl (C=O) groups is 3. The van der Waals surface area contributed by atoms with Crippen molar-refractivity contribution in [2.24, 2.45) is 0 Å². The van der Waals surface area contributed by atoms with E-state index in [9.17, 15) is 18.8 Å². The molecule has 0 saturated carbocycles. The molecule has 1 aliphatic heterocycles. The van der Waals surface area contributed by atoms with Gasteiger partial charge >= 0.3 is 5.97 Å². The highest BCUT2D eigenvalue weighted by Crippen LogP contribution is 2.30. The van der Waals surface area contributed by atoms with Crippen molar-refractivity contribution in [1.82, 2.24) is 4.90 Å². The summed E-state index contributed by atoms with van der Waals surface area (Å²) >= 11 is 5.66. The first-order valence-electron chi connectivity index (χ1n) is 12.5. The molecule has 3 aromatic carbocycles. The molecule has 0 spiro atoms. The predicted octanol–water partition coefficient (Wildman–Crippen LogP) is 4.93. The molecule has 0 aromatic heterocycles. The normalized spacial score (nSPS) is 14.9. The summed E-state index contributed by atoms with van der Waals surface area (Å²) in [6.07, 6.45) is -0.210. The van der Waals surface area contributed by atoms with E-state index in [1.165, 1.54) is 23.1 Å². The van der Waals surface area contributed by atoms with Crippen LogP contribution in [0.1, 0.15) is 36.2 Å². The van der Waals surface area contributed by atoms with Crippen LogP contribution in [0.15, 0.2) is 72.8 Å². The van der Waals surface area contributed by atoms with Crippen molar-refractivity contribution in [2.45, 2.75) is 32.9 Å². The fourth-order valence-electron chi connectivity index (χ4n) is 4.21. The van der Waals surface area contributed by atoms with Crippen LogP contribution in [0, 0.1) is 5.82 Å². The maximum absolute atomic E-state index is 14.5. The van der Waals surface area contributed by atoms with Gasteiger partial charge in [0.15, 0.2) is 5.11 Å². The van der Waals surface area contributed by atoms with Crippen LogP contribution in [0.2, 0.25) is 0 Å². The van der Waals surface area contributed by atoms with E-state index in [0.29, 0.717) is 34.9 Å². The van der Waals surface area contributed by atoms with Crippen LogP contribution in [-0.4, -0.2) is 47.1 Å².